The van der Waals surface area contributed by atoms with Gasteiger partial charge in [0.2, 0.25) is 0 Å². The van der Waals surface area contributed by atoms with Crippen LogP contribution in [0.4, 0.5) is 5.69 Å². The van der Waals surface area contributed by atoms with E-state index in [0.29, 0.717) is 28.7 Å². The fraction of sp³-hybridized carbons (Fsp3) is 0.143. The average Bonchev–Trinajstić information content (AvgIpc) is 2.50. The normalized spacial score (nSPS) is 16.1. The first-order valence-electron chi connectivity index (χ1n) is 6.61. The third-order valence-corrected chi connectivity index (χ3v) is 4.66. The Labute approximate surface area is 133 Å². The molecule has 0 unspecified atom stereocenters. The van der Waals surface area contributed by atoms with Gasteiger partial charge in [0, 0.05) is 29.5 Å². The molecule has 0 atom stereocenters. The molecule has 1 N–H and O–H groups in total. The molecular formula is C14H13ClN4O2S. The Kier molecular flexibility index (Phi) is 3.86. The van der Waals surface area contributed by atoms with Crippen LogP contribution >= 0.6 is 11.6 Å². The van der Waals surface area contributed by atoms with Crippen LogP contribution in [0.25, 0.3) is 0 Å². The molecule has 0 saturated heterocycles. The minimum atomic E-state index is -3.78. The van der Waals surface area contributed by atoms with Crippen molar-refractivity contribution in [1.29, 1.82) is 0 Å². The van der Waals surface area contributed by atoms with Gasteiger partial charge in [-0.25, -0.2) is 5.43 Å². The topological polar surface area (TPSA) is 74.7 Å². The highest BCUT2D eigenvalue weighted by atomic mass is 35.5. The number of fused-ring (bicyclic) bond motifs is 1. The van der Waals surface area contributed by atoms with Crippen molar-refractivity contribution >= 4 is 33.1 Å². The van der Waals surface area contributed by atoms with E-state index in [9.17, 15) is 8.42 Å². The van der Waals surface area contributed by atoms with Crippen LogP contribution in [-0.4, -0.2) is 25.8 Å². The SMILES string of the molecule is CCNN1C(c2ccncc2)=NS(=O)(=O)c2ccc(Cl)cc21. The molecular weight excluding hydrogens is 324 g/mol. The van der Waals surface area contributed by atoms with Crippen molar-refractivity contribution < 1.29 is 8.42 Å². The summed E-state index contributed by atoms with van der Waals surface area (Å²) in [6.07, 6.45) is 3.17. The number of amidine groups is 1. The van der Waals surface area contributed by atoms with Gasteiger partial charge in [-0.1, -0.05) is 18.5 Å². The number of anilines is 1. The molecule has 0 amide bonds. The van der Waals surface area contributed by atoms with E-state index in [1.165, 1.54) is 12.1 Å². The number of aromatic nitrogens is 1. The predicted octanol–water partition coefficient (Wildman–Crippen LogP) is 2.21. The molecule has 0 bridgehead atoms. The maximum absolute atomic E-state index is 12.4. The van der Waals surface area contributed by atoms with Gasteiger partial charge in [-0.2, -0.15) is 8.42 Å². The van der Waals surface area contributed by atoms with Gasteiger partial charge in [0.05, 0.1) is 5.69 Å². The van der Waals surface area contributed by atoms with Crippen molar-refractivity contribution in [3.05, 3.63) is 53.3 Å². The molecule has 0 fully saturated rings. The average molecular weight is 337 g/mol. The highest BCUT2D eigenvalue weighted by molar-refractivity contribution is 7.90. The minimum absolute atomic E-state index is 0.121. The van der Waals surface area contributed by atoms with Crippen molar-refractivity contribution in [1.82, 2.24) is 10.4 Å². The van der Waals surface area contributed by atoms with Gasteiger partial charge in [-0.3, -0.25) is 9.99 Å². The lowest BCUT2D eigenvalue weighted by Gasteiger charge is -2.30. The highest BCUT2D eigenvalue weighted by Gasteiger charge is 2.31. The number of pyridine rings is 1. The summed E-state index contributed by atoms with van der Waals surface area (Å²) in [5.41, 5.74) is 4.21. The largest absolute Gasteiger partial charge is 0.286 e. The smallest absolute Gasteiger partial charge is 0.265 e. The molecule has 3 rings (SSSR count). The monoisotopic (exact) mass is 336 g/mol. The second-order valence-electron chi connectivity index (χ2n) is 4.58. The van der Waals surface area contributed by atoms with Gasteiger partial charge in [-0.15, -0.1) is 4.40 Å². The molecule has 1 aliphatic rings. The Morgan fingerprint density at radius 1 is 1.23 bits per heavy atom. The molecule has 22 heavy (non-hydrogen) atoms. The van der Waals surface area contributed by atoms with Crippen LogP contribution in [0.1, 0.15) is 12.5 Å². The lowest BCUT2D eigenvalue weighted by atomic mass is 10.2. The van der Waals surface area contributed by atoms with Crippen LogP contribution in [0.15, 0.2) is 52.0 Å². The Bertz CT molecular complexity index is 837. The number of sulfonamides is 1. The van der Waals surface area contributed by atoms with E-state index >= 15 is 0 Å². The summed E-state index contributed by atoms with van der Waals surface area (Å²) in [7, 11) is -3.78. The molecule has 0 radical (unpaired) electrons. The van der Waals surface area contributed by atoms with Gasteiger partial charge < -0.3 is 0 Å². The van der Waals surface area contributed by atoms with Crippen molar-refractivity contribution in [3.63, 3.8) is 0 Å². The second-order valence-corrected chi connectivity index (χ2v) is 6.59. The summed E-state index contributed by atoms with van der Waals surface area (Å²) in [4.78, 5) is 4.06. The molecule has 1 aromatic heterocycles. The fourth-order valence-corrected chi connectivity index (χ4v) is 3.54. The lowest BCUT2D eigenvalue weighted by molar-refractivity contribution is 0.595. The molecule has 2 heterocycles. The number of nitrogens with one attached hydrogen (secondary N) is 1. The molecule has 0 spiro atoms. The van der Waals surface area contributed by atoms with Crippen LogP contribution in [-0.2, 0) is 10.0 Å². The molecule has 0 aliphatic carbocycles. The first-order chi connectivity index (χ1) is 10.5. The maximum atomic E-state index is 12.4. The summed E-state index contributed by atoms with van der Waals surface area (Å²) < 4.78 is 28.8. The molecule has 1 aromatic carbocycles. The van der Waals surface area contributed by atoms with Crippen LogP contribution < -0.4 is 10.4 Å². The summed E-state index contributed by atoms with van der Waals surface area (Å²) in [5, 5.41) is 2.09. The maximum Gasteiger partial charge on any atom is 0.286 e. The first-order valence-corrected chi connectivity index (χ1v) is 8.43. The van der Waals surface area contributed by atoms with Crippen LogP contribution in [0.2, 0.25) is 5.02 Å². The third kappa shape index (κ3) is 2.58. The Hall–Kier alpha value is -1.96. The van der Waals surface area contributed by atoms with E-state index in [2.05, 4.69) is 14.8 Å². The summed E-state index contributed by atoms with van der Waals surface area (Å²) in [5.74, 6) is 0.291. The van der Waals surface area contributed by atoms with Crippen molar-refractivity contribution in [2.75, 3.05) is 11.6 Å². The summed E-state index contributed by atoms with van der Waals surface area (Å²) in [6.45, 7) is 2.51. The molecule has 8 heteroatoms. The van der Waals surface area contributed by atoms with Crippen LogP contribution in [0, 0.1) is 0 Å². The van der Waals surface area contributed by atoms with Crippen molar-refractivity contribution in [2.45, 2.75) is 11.8 Å². The first kappa shape index (κ1) is 15.0. The zero-order valence-electron chi connectivity index (χ0n) is 11.7. The van der Waals surface area contributed by atoms with Gasteiger partial charge in [0.15, 0.2) is 5.84 Å². The van der Waals surface area contributed by atoms with Crippen LogP contribution in [0.5, 0.6) is 0 Å². The number of rotatable bonds is 3. The predicted molar refractivity (Wildman–Crippen MR) is 85.6 cm³/mol. The van der Waals surface area contributed by atoms with Gasteiger partial charge in [-0.05, 0) is 30.3 Å². The number of hydrogen-bond acceptors (Lipinski definition) is 5. The molecule has 114 valence electrons. The summed E-state index contributed by atoms with van der Waals surface area (Å²) in [6, 6.07) is 8.01. The second kappa shape index (κ2) is 5.68. The van der Waals surface area contributed by atoms with Crippen molar-refractivity contribution in [2.24, 2.45) is 4.40 Å². The van der Waals surface area contributed by atoms with E-state index in [-0.39, 0.29) is 4.90 Å². The zero-order valence-corrected chi connectivity index (χ0v) is 13.3. The molecule has 1 aliphatic heterocycles. The van der Waals surface area contributed by atoms with Crippen LogP contribution in [0.3, 0.4) is 0 Å². The molecule has 2 aromatic rings. The Balaban J connectivity index is 2.24. The number of halogens is 1. The molecule has 0 saturated carbocycles. The number of hydrogen-bond donors (Lipinski definition) is 1. The van der Waals surface area contributed by atoms with E-state index < -0.39 is 10.0 Å². The standard InChI is InChI=1S/C14H13ClN4O2S/c1-2-17-19-12-9-11(15)3-4-13(12)22(20,21)18-14(19)10-5-7-16-8-6-10/h3-9,17H,2H2,1H3. The van der Waals surface area contributed by atoms with Crippen molar-refractivity contribution in [3.8, 4) is 0 Å². The van der Waals surface area contributed by atoms with E-state index in [1.54, 1.807) is 35.6 Å². The van der Waals surface area contributed by atoms with E-state index in [4.69, 9.17) is 11.6 Å². The van der Waals surface area contributed by atoms with Gasteiger partial charge in [0.25, 0.3) is 10.0 Å². The Morgan fingerprint density at radius 2 is 1.95 bits per heavy atom. The zero-order chi connectivity index (χ0) is 15.7. The minimum Gasteiger partial charge on any atom is -0.265 e. The Morgan fingerprint density at radius 3 is 2.64 bits per heavy atom. The molecule has 6 nitrogen and oxygen atoms in total. The van der Waals surface area contributed by atoms with E-state index in [0.717, 1.165) is 0 Å². The number of nitrogens with zero attached hydrogens (tertiary/aromatic N) is 3. The number of hydrazine groups is 1. The highest BCUT2D eigenvalue weighted by Crippen LogP contribution is 2.34. The quantitative estimate of drug-likeness (QED) is 0.930. The summed E-state index contributed by atoms with van der Waals surface area (Å²) >= 11 is 6.03. The van der Waals surface area contributed by atoms with E-state index in [1.807, 2.05) is 6.92 Å². The van der Waals surface area contributed by atoms with Gasteiger partial charge in [0.1, 0.15) is 4.90 Å². The fourth-order valence-electron chi connectivity index (χ4n) is 2.20. The van der Waals surface area contributed by atoms with Gasteiger partial charge >= 0.3 is 0 Å². The third-order valence-electron chi connectivity index (χ3n) is 3.11. The lowest BCUT2D eigenvalue weighted by Crippen LogP contribution is -2.46. The number of benzene rings is 1.